The molecule has 0 fully saturated rings. The highest BCUT2D eigenvalue weighted by Gasteiger charge is 2.22. The second kappa shape index (κ2) is 5.70. The Bertz CT molecular complexity index is 806. The molecule has 0 saturated heterocycles. The summed E-state index contributed by atoms with van der Waals surface area (Å²) in [5.74, 6) is -0.273. The van der Waals surface area contributed by atoms with E-state index in [9.17, 15) is 12.8 Å². The number of nitrogens with two attached hydrogens (primary N) is 1. The van der Waals surface area contributed by atoms with Gasteiger partial charge in [-0.15, -0.1) is 0 Å². The summed E-state index contributed by atoms with van der Waals surface area (Å²) in [5, 5.41) is 5.27. The molecule has 116 valence electrons. The van der Waals surface area contributed by atoms with E-state index in [0.29, 0.717) is 24.3 Å². The van der Waals surface area contributed by atoms with Gasteiger partial charge in [-0.05, 0) is 36.1 Å². The van der Waals surface area contributed by atoms with Gasteiger partial charge in [0, 0.05) is 13.1 Å². The molecule has 22 heavy (non-hydrogen) atoms. The zero-order valence-corrected chi connectivity index (χ0v) is 12.8. The molecule has 1 aliphatic rings. The molecule has 2 N–H and O–H groups in total. The Morgan fingerprint density at radius 3 is 2.68 bits per heavy atom. The molecule has 0 unspecified atom stereocenters. The van der Waals surface area contributed by atoms with Crippen LogP contribution in [0.4, 0.5) is 10.1 Å². The topological polar surface area (TPSA) is 63.4 Å². The van der Waals surface area contributed by atoms with Crippen LogP contribution in [0.1, 0.15) is 17.5 Å². The maximum Gasteiger partial charge on any atom is 0.238 e. The quantitative estimate of drug-likeness (QED) is 0.944. The minimum atomic E-state index is -3.79. The summed E-state index contributed by atoms with van der Waals surface area (Å²) in [4.78, 5) is 1.98. The lowest BCUT2D eigenvalue weighted by atomic mass is 10.0. The number of nitrogens with zero attached hydrogens (tertiary/aromatic N) is 1. The Hall–Kier alpha value is -1.92. The second-order valence-electron chi connectivity index (χ2n) is 5.43. The van der Waals surface area contributed by atoms with Crippen LogP contribution in [0.5, 0.6) is 0 Å². The van der Waals surface area contributed by atoms with Crippen molar-refractivity contribution in [3.8, 4) is 0 Å². The Kier molecular flexibility index (Phi) is 3.88. The fraction of sp³-hybridized carbons (Fsp3) is 0.250. The predicted octanol–water partition coefficient (Wildman–Crippen LogP) is 2.43. The van der Waals surface area contributed by atoms with Crippen LogP contribution in [0, 0.1) is 5.82 Å². The van der Waals surface area contributed by atoms with Gasteiger partial charge < -0.3 is 4.90 Å². The van der Waals surface area contributed by atoms with Gasteiger partial charge in [-0.2, -0.15) is 0 Å². The first-order valence-corrected chi connectivity index (χ1v) is 8.64. The molecule has 2 aromatic carbocycles. The van der Waals surface area contributed by atoms with Crippen molar-refractivity contribution in [1.29, 1.82) is 0 Å². The zero-order valence-electron chi connectivity index (χ0n) is 12.0. The van der Waals surface area contributed by atoms with Crippen LogP contribution in [0.15, 0.2) is 47.4 Å². The first-order valence-electron chi connectivity index (χ1n) is 7.10. The van der Waals surface area contributed by atoms with Crippen LogP contribution in [-0.4, -0.2) is 15.0 Å². The lowest BCUT2D eigenvalue weighted by molar-refractivity contribution is 0.589. The van der Waals surface area contributed by atoms with Crippen LogP contribution in [0.2, 0.25) is 0 Å². The van der Waals surface area contributed by atoms with E-state index in [1.807, 2.05) is 11.0 Å². The number of aryl methyl sites for hydroxylation is 1. The number of fused-ring (bicyclic) bond motifs is 1. The Labute approximate surface area is 129 Å². The number of benzene rings is 2. The van der Waals surface area contributed by atoms with Crippen molar-refractivity contribution in [2.45, 2.75) is 24.3 Å². The largest absolute Gasteiger partial charge is 0.365 e. The first-order chi connectivity index (χ1) is 10.5. The summed E-state index contributed by atoms with van der Waals surface area (Å²) in [5.41, 5.74) is 2.11. The molecule has 1 heterocycles. The second-order valence-corrected chi connectivity index (χ2v) is 6.96. The van der Waals surface area contributed by atoms with E-state index in [4.69, 9.17) is 5.14 Å². The number of rotatable bonds is 3. The van der Waals surface area contributed by atoms with Crippen LogP contribution in [0.25, 0.3) is 0 Å². The smallest absolute Gasteiger partial charge is 0.238 e. The minimum Gasteiger partial charge on any atom is -0.365 e. The van der Waals surface area contributed by atoms with Gasteiger partial charge in [-0.25, -0.2) is 17.9 Å². The lowest BCUT2D eigenvalue weighted by Crippen LogP contribution is -2.30. The van der Waals surface area contributed by atoms with Crippen molar-refractivity contribution < 1.29 is 12.8 Å². The van der Waals surface area contributed by atoms with Crippen molar-refractivity contribution in [3.05, 3.63) is 59.4 Å². The molecule has 0 aromatic heterocycles. The summed E-state index contributed by atoms with van der Waals surface area (Å²) in [6, 6.07) is 11.6. The molecular formula is C16H17FN2O2S. The Balaban J connectivity index is 2.00. The van der Waals surface area contributed by atoms with Crippen molar-refractivity contribution >= 4 is 15.7 Å². The fourth-order valence-corrected chi connectivity index (χ4v) is 3.73. The van der Waals surface area contributed by atoms with Crippen LogP contribution >= 0.6 is 0 Å². The molecule has 3 rings (SSSR count). The molecule has 1 aliphatic heterocycles. The highest BCUT2D eigenvalue weighted by Crippen LogP contribution is 2.31. The summed E-state index contributed by atoms with van der Waals surface area (Å²) >= 11 is 0. The third kappa shape index (κ3) is 2.84. The molecule has 0 bridgehead atoms. The SMILES string of the molecule is NS(=O)(=O)c1ccccc1CN1CCCc2cccc(F)c21. The van der Waals surface area contributed by atoms with E-state index in [1.54, 1.807) is 24.3 Å². The van der Waals surface area contributed by atoms with Crippen molar-refractivity contribution in [3.63, 3.8) is 0 Å². The average Bonchev–Trinajstić information content (AvgIpc) is 2.47. The van der Waals surface area contributed by atoms with Gasteiger partial charge in [-0.1, -0.05) is 30.3 Å². The maximum atomic E-state index is 14.2. The van der Waals surface area contributed by atoms with E-state index in [0.717, 1.165) is 18.4 Å². The average molecular weight is 320 g/mol. The number of para-hydroxylation sites is 1. The van der Waals surface area contributed by atoms with Gasteiger partial charge in [0.25, 0.3) is 0 Å². The molecule has 6 heteroatoms. The van der Waals surface area contributed by atoms with Crippen LogP contribution in [-0.2, 0) is 23.0 Å². The van der Waals surface area contributed by atoms with Gasteiger partial charge in [0.05, 0.1) is 10.6 Å². The monoisotopic (exact) mass is 320 g/mol. The maximum absolute atomic E-state index is 14.2. The minimum absolute atomic E-state index is 0.0958. The summed E-state index contributed by atoms with van der Waals surface area (Å²) in [6.45, 7) is 1.01. The van der Waals surface area contributed by atoms with E-state index < -0.39 is 10.0 Å². The molecule has 0 saturated carbocycles. The van der Waals surface area contributed by atoms with Gasteiger partial charge in [0.1, 0.15) is 5.82 Å². The van der Waals surface area contributed by atoms with Crippen LogP contribution < -0.4 is 10.0 Å². The Morgan fingerprint density at radius 2 is 1.91 bits per heavy atom. The Morgan fingerprint density at radius 1 is 1.14 bits per heavy atom. The van der Waals surface area contributed by atoms with Gasteiger partial charge in [0.2, 0.25) is 10.0 Å². The number of hydrogen-bond donors (Lipinski definition) is 1. The van der Waals surface area contributed by atoms with Gasteiger partial charge in [-0.3, -0.25) is 0 Å². The number of primary sulfonamides is 1. The molecule has 0 radical (unpaired) electrons. The molecule has 0 spiro atoms. The molecule has 0 aliphatic carbocycles. The van der Waals surface area contributed by atoms with Gasteiger partial charge in [0.15, 0.2) is 0 Å². The molecule has 2 aromatic rings. The highest BCUT2D eigenvalue weighted by atomic mass is 32.2. The van der Waals surface area contributed by atoms with Gasteiger partial charge >= 0.3 is 0 Å². The third-order valence-corrected chi connectivity index (χ3v) is 4.91. The number of hydrogen-bond acceptors (Lipinski definition) is 3. The third-order valence-electron chi connectivity index (χ3n) is 3.90. The number of sulfonamides is 1. The summed E-state index contributed by atoms with van der Waals surface area (Å²) < 4.78 is 37.6. The number of halogens is 1. The van der Waals surface area contributed by atoms with Crippen molar-refractivity contribution in [2.24, 2.45) is 5.14 Å². The van der Waals surface area contributed by atoms with Crippen molar-refractivity contribution in [1.82, 2.24) is 0 Å². The molecule has 0 amide bonds. The number of anilines is 1. The van der Waals surface area contributed by atoms with Crippen molar-refractivity contribution in [2.75, 3.05) is 11.4 Å². The van der Waals surface area contributed by atoms with E-state index >= 15 is 0 Å². The normalized spacial score (nSPS) is 14.7. The van der Waals surface area contributed by atoms with E-state index in [2.05, 4.69) is 0 Å². The summed E-state index contributed by atoms with van der Waals surface area (Å²) in [6.07, 6.45) is 1.74. The summed E-state index contributed by atoms with van der Waals surface area (Å²) in [7, 11) is -3.79. The zero-order chi connectivity index (χ0) is 15.7. The van der Waals surface area contributed by atoms with E-state index in [-0.39, 0.29) is 10.7 Å². The highest BCUT2D eigenvalue weighted by molar-refractivity contribution is 7.89. The van der Waals surface area contributed by atoms with E-state index in [1.165, 1.54) is 12.1 Å². The molecule has 4 nitrogen and oxygen atoms in total. The lowest BCUT2D eigenvalue weighted by Gasteiger charge is -2.32. The first kappa shape index (κ1) is 15.0. The molecular weight excluding hydrogens is 303 g/mol. The fourth-order valence-electron chi connectivity index (χ4n) is 2.96. The van der Waals surface area contributed by atoms with Crippen LogP contribution in [0.3, 0.4) is 0 Å². The standard InChI is InChI=1S/C16H17FN2O2S/c17-14-8-3-6-12-7-4-10-19(16(12)14)11-13-5-1-2-9-15(13)22(18,20)21/h1-3,5-6,8-9H,4,7,10-11H2,(H2,18,20,21). The molecule has 0 atom stereocenters. The predicted molar refractivity (Wildman–Crippen MR) is 83.6 cm³/mol.